The van der Waals surface area contributed by atoms with E-state index in [2.05, 4.69) is 0 Å². The van der Waals surface area contributed by atoms with Gasteiger partial charge in [-0.25, -0.2) is 0 Å². The first-order valence-electron chi connectivity index (χ1n) is 5.30. The van der Waals surface area contributed by atoms with Crippen LogP contribution in [0.25, 0.3) is 0 Å². The van der Waals surface area contributed by atoms with Gasteiger partial charge in [0, 0.05) is 17.0 Å². The second kappa shape index (κ2) is 3.94. The van der Waals surface area contributed by atoms with E-state index >= 15 is 0 Å². The minimum absolute atomic E-state index is 0.0118. The summed E-state index contributed by atoms with van der Waals surface area (Å²) >= 11 is 0. The molecule has 0 aromatic carbocycles. The zero-order valence-corrected chi connectivity index (χ0v) is 11.3. The highest BCUT2D eigenvalue weighted by atomic mass is 32.2. The van der Waals surface area contributed by atoms with Crippen LogP contribution in [0.3, 0.4) is 0 Å². The molecule has 5 nitrogen and oxygen atoms in total. The van der Waals surface area contributed by atoms with Gasteiger partial charge in [0.05, 0.1) is 12.9 Å². The average molecular weight is 251 g/mol. The minimum Gasteiger partial charge on any atom is -0.313 e. The molecule has 0 aliphatic carbocycles. The molecule has 1 heterocycles. The van der Waals surface area contributed by atoms with Crippen LogP contribution in [-0.2, 0) is 14.3 Å². The quantitative estimate of drug-likeness (QED) is 0.764. The molecule has 0 aromatic heterocycles. The van der Waals surface area contributed by atoms with E-state index in [1.54, 1.807) is 0 Å². The Morgan fingerprint density at radius 2 is 1.88 bits per heavy atom. The van der Waals surface area contributed by atoms with Gasteiger partial charge in [0.25, 0.3) is 10.1 Å². The van der Waals surface area contributed by atoms with Gasteiger partial charge in [0.15, 0.2) is 0 Å². The first-order valence-corrected chi connectivity index (χ1v) is 7.12. The molecule has 0 radical (unpaired) electrons. The summed E-state index contributed by atoms with van der Waals surface area (Å²) in [6.07, 6.45) is 1.74. The Balaban J connectivity index is 2.77. The molecule has 1 aliphatic heterocycles. The van der Waals surface area contributed by atoms with Gasteiger partial charge in [-0.3, -0.25) is 4.18 Å². The molecule has 0 aromatic rings. The van der Waals surface area contributed by atoms with Gasteiger partial charge in [-0.15, -0.1) is 0 Å². The molecule has 1 saturated heterocycles. The van der Waals surface area contributed by atoms with Crippen molar-refractivity contribution in [2.24, 2.45) is 5.92 Å². The maximum Gasteiger partial charge on any atom is 0.264 e. The monoisotopic (exact) mass is 251 g/mol. The Hall–Kier alpha value is -0.170. The van der Waals surface area contributed by atoms with Gasteiger partial charge in [0.2, 0.25) is 0 Å². The molecule has 1 unspecified atom stereocenters. The van der Waals surface area contributed by atoms with Crippen LogP contribution in [0, 0.1) is 5.92 Å². The molecule has 0 bridgehead atoms. The summed E-state index contributed by atoms with van der Waals surface area (Å²) in [6.45, 7) is 7.74. The van der Waals surface area contributed by atoms with Crippen LogP contribution in [0.4, 0.5) is 0 Å². The maximum atomic E-state index is 10.9. The fraction of sp³-hybridized carbons (Fsp3) is 1.00. The largest absolute Gasteiger partial charge is 0.313 e. The smallest absolute Gasteiger partial charge is 0.264 e. The normalized spacial score (nSPS) is 29.5. The Kier molecular flexibility index (Phi) is 3.42. The lowest BCUT2D eigenvalue weighted by atomic mass is 9.88. The predicted octanol–water partition coefficient (Wildman–Crippen LogP) is 1.23. The molecular weight excluding hydrogens is 230 g/mol. The predicted molar refractivity (Wildman–Crippen MR) is 60.7 cm³/mol. The molecule has 1 fully saturated rings. The Morgan fingerprint density at radius 1 is 1.38 bits per heavy atom. The molecule has 1 N–H and O–H groups in total. The van der Waals surface area contributed by atoms with Gasteiger partial charge < -0.3 is 5.21 Å². The summed E-state index contributed by atoms with van der Waals surface area (Å²) < 4.78 is 26.7. The molecule has 0 spiro atoms. The standard InChI is InChI=1S/C10H21NO4S/c1-9(2)6-8(7-15-16(5,13)14)10(3,4)11(9)12/h8,12H,6-7H2,1-5H3. The van der Waals surface area contributed by atoms with Crippen molar-refractivity contribution < 1.29 is 17.8 Å². The molecule has 16 heavy (non-hydrogen) atoms. The summed E-state index contributed by atoms with van der Waals surface area (Å²) in [6, 6.07) is 0. The van der Waals surface area contributed by atoms with Crippen molar-refractivity contribution in [2.45, 2.75) is 45.2 Å². The third-order valence-corrected chi connectivity index (χ3v) is 3.91. The van der Waals surface area contributed by atoms with Crippen molar-refractivity contribution in [1.29, 1.82) is 0 Å². The van der Waals surface area contributed by atoms with E-state index in [-0.39, 0.29) is 18.1 Å². The van der Waals surface area contributed by atoms with Crippen LogP contribution >= 0.6 is 0 Å². The molecule has 6 heteroatoms. The van der Waals surface area contributed by atoms with E-state index in [0.717, 1.165) is 6.26 Å². The van der Waals surface area contributed by atoms with Crippen molar-refractivity contribution >= 4 is 10.1 Å². The second-order valence-electron chi connectivity index (χ2n) is 5.67. The van der Waals surface area contributed by atoms with Gasteiger partial charge in [-0.05, 0) is 34.1 Å². The van der Waals surface area contributed by atoms with Crippen molar-refractivity contribution in [1.82, 2.24) is 5.06 Å². The molecule has 0 amide bonds. The summed E-state index contributed by atoms with van der Waals surface area (Å²) in [5, 5.41) is 11.3. The van der Waals surface area contributed by atoms with Crippen LogP contribution in [-0.4, -0.2) is 42.6 Å². The zero-order chi connectivity index (χ0) is 12.8. The lowest BCUT2D eigenvalue weighted by Gasteiger charge is -2.35. The highest BCUT2D eigenvalue weighted by Crippen LogP contribution is 2.43. The molecule has 1 aliphatic rings. The minimum atomic E-state index is -3.42. The highest BCUT2D eigenvalue weighted by Gasteiger charge is 2.51. The SMILES string of the molecule is CC1(C)CC(COS(C)(=O)=O)C(C)(C)N1O. The molecular formula is C10H21NO4S. The zero-order valence-electron chi connectivity index (χ0n) is 10.5. The van der Waals surface area contributed by atoms with E-state index < -0.39 is 15.7 Å². The van der Waals surface area contributed by atoms with E-state index in [1.165, 1.54) is 5.06 Å². The van der Waals surface area contributed by atoms with Crippen molar-refractivity contribution in [2.75, 3.05) is 12.9 Å². The van der Waals surface area contributed by atoms with Crippen molar-refractivity contribution in [3.8, 4) is 0 Å². The van der Waals surface area contributed by atoms with Gasteiger partial charge >= 0.3 is 0 Å². The Bertz CT molecular complexity index is 361. The van der Waals surface area contributed by atoms with Crippen LogP contribution in [0.2, 0.25) is 0 Å². The van der Waals surface area contributed by atoms with E-state index in [0.29, 0.717) is 6.42 Å². The number of hydrogen-bond acceptors (Lipinski definition) is 5. The lowest BCUT2D eigenvalue weighted by Crippen LogP contribution is -2.47. The first-order chi connectivity index (χ1) is 6.97. The fourth-order valence-electron chi connectivity index (χ4n) is 2.36. The van der Waals surface area contributed by atoms with Gasteiger partial charge in [0.1, 0.15) is 0 Å². The second-order valence-corrected chi connectivity index (χ2v) is 7.31. The topological polar surface area (TPSA) is 66.8 Å². The summed E-state index contributed by atoms with van der Waals surface area (Å²) in [4.78, 5) is 0. The number of hydrogen-bond donors (Lipinski definition) is 1. The van der Waals surface area contributed by atoms with Gasteiger partial charge in [-0.1, -0.05) is 0 Å². The van der Waals surface area contributed by atoms with E-state index in [9.17, 15) is 13.6 Å². The number of rotatable bonds is 3. The van der Waals surface area contributed by atoms with E-state index in [1.807, 2.05) is 27.7 Å². The molecule has 1 atom stereocenters. The van der Waals surface area contributed by atoms with Crippen molar-refractivity contribution in [3.05, 3.63) is 0 Å². The molecule has 96 valence electrons. The Labute approximate surface area is 97.5 Å². The number of hydroxylamine groups is 2. The molecule has 1 rings (SSSR count). The average Bonchev–Trinajstić information content (AvgIpc) is 2.22. The fourth-order valence-corrected chi connectivity index (χ4v) is 2.77. The van der Waals surface area contributed by atoms with E-state index in [4.69, 9.17) is 4.18 Å². The summed E-state index contributed by atoms with van der Waals surface area (Å²) in [7, 11) is -3.42. The van der Waals surface area contributed by atoms with Crippen molar-refractivity contribution in [3.63, 3.8) is 0 Å². The third kappa shape index (κ3) is 2.74. The number of nitrogens with zero attached hydrogens (tertiary/aromatic N) is 1. The van der Waals surface area contributed by atoms with Crippen LogP contribution in [0.1, 0.15) is 34.1 Å². The summed E-state index contributed by atoms with van der Waals surface area (Å²) in [5.74, 6) is -0.0118. The van der Waals surface area contributed by atoms with Crippen LogP contribution < -0.4 is 0 Å². The third-order valence-electron chi connectivity index (χ3n) is 3.35. The lowest BCUT2D eigenvalue weighted by molar-refractivity contribution is -0.197. The highest BCUT2D eigenvalue weighted by molar-refractivity contribution is 7.85. The van der Waals surface area contributed by atoms with Crippen LogP contribution in [0.15, 0.2) is 0 Å². The first kappa shape index (κ1) is 13.9. The van der Waals surface area contributed by atoms with Crippen LogP contribution in [0.5, 0.6) is 0 Å². The Morgan fingerprint density at radius 3 is 2.19 bits per heavy atom. The maximum absolute atomic E-state index is 10.9. The summed E-state index contributed by atoms with van der Waals surface area (Å²) in [5.41, 5.74) is -0.830. The molecule has 0 saturated carbocycles. The van der Waals surface area contributed by atoms with Gasteiger partial charge in [-0.2, -0.15) is 13.5 Å².